The summed E-state index contributed by atoms with van der Waals surface area (Å²) in [6, 6.07) is 0. The maximum Gasteiger partial charge on any atom is 0.416 e. The highest BCUT2D eigenvalue weighted by Gasteiger charge is 2.17. The summed E-state index contributed by atoms with van der Waals surface area (Å²) >= 11 is 0. The summed E-state index contributed by atoms with van der Waals surface area (Å²) in [4.78, 5) is 36.1. The predicted octanol–water partition coefficient (Wildman–Crippen LogP) is 0.481. The fourth-order valence-electron chi connectivity index (χ4n) is 1.30. The van der Waals surface area contributed by atoms with Gasteiger partial charge in [-0.3, -0.25) is 4.79 Å². The first kappa shape index (κ1) is 17.4. The molecule has 10 heteroatoms. The van der Waals surface area contributed by atoms with Crippen molar-refractivity contribution in [1.82, 2.24) is 15.0 Å². The highest BCUT2D eigenvalue weighted by atomic mass is 16.6. The summed E-state index contributed by atoms with van der Waals surface area (Å²) in [5.74, 6) is 0.398. The fraction of sp³-hybridized carbons (Fsp3) is 0.583. The van der Waals surface area contributed by atoms with E-state index in [4.69, 9.17) is 9.47 Å². The maximum atomic E-state index is 11.9. The van der Waals surface area contributed by atoms with Crippen LogP contribution in [0.2, 0.25) is 0 Å². The number of nitrogens with one attached hydrogen (secondary N) is 2. The summed E-state index contributed by atoms with van der Waals surface area (Å²) in [6.07, 6.45) is -0.388. The SMILES string of the molecule is CCC(=O)OCCOC(=O)N(C)c1nc(NC)nc(NC)n1. The number of hydrogen-bond donors (Lipinski definition) is 2. The lowest BCUT2D eigenvalue weighted by atomic mass is 10.5. The lowest BCUT2D eigenvalue weighted by Gasteiger charge is -2.16. The highest BCUT2D eigenvalue weighted by Crippen LogP contribution is 2.12. The highest BCUT2D eigenvalue weighted by molar-refractivity contribution is 5.84. The summed E-state index contributed by atoms with van der Waals surface area (Å²) in [6.45, 7) is 1.65. The third-order valence-electron chi connectivity index (χ3n) is 2.51. The van der Waals surface area contributed by atoms with E-state index >= 15 is 0 Å². The Morgan fingerprint density at radius 2 is 1.59 bits per heavy atom. The third-order valence-corrected chi connectivity index (χ3v) is 2.51. The average molecular weight is 312 g/mol. The molecule has 10 nitrogen and oxygen atoms in total. The summed E-state index contributed by atoms with van der Waals surface area (Å²) in [5.41, 5.74) is 0. The summed E-state index contributed by atoms with van der Waals surface area (Å²) in [5, 5.41) is 5.54. The lowest BCUT2D eigenvalue weighted by molar-refractivity contribution is -0.144. The molecule has 1 heterocycles. The Balaban J connectivity index is 2.60. The molecule has 1 rings (SSSR count). The van der Waals surface area contributed by atoms with Gasteiger partial charge in [-0.15, -0.1) is 0 Å². The van der Waals surface area contributed by atoms with Crippen molar-refractivity contribution in [2.45, 2.75) is 13.3 Å². The zero-order valence-electron chi connectivity index (χ0n) is 13.0. The summed E-state index contributed by atoms with van der Waals surface area (Å²) < 4.78 is 9.77. The van der Waals surface area contributed by atoms with Gasteiger partial charge in [0.1, 0.15) is 13.2 Å². The second kappa shape index (κ2) is 8.60. The van der Waals surface area contributed by atoms with Gasteiger partial charge in [-0.1, -0.05) is 6.92 Å². The van der Waals surface area contributed by atoms with Crippen LogP contribution in [-0.4, -0.2) is 61.4 Å². The van der Waals surface area contributed by atoms with E-state index in [2.05, 4.69) is 25.6 Å². The number of ether oxygens (including phenoxy) is 2. The topological polar surface area (TPSA) is 119 Å². The standard InChI is InChI=1S/C12H20N6O4/c1-5-8(19)21-6-7-22-12(20)18(4)11-16-9(13-2)15-10(14-3)17-11/h5-7H2,1-4H3,(H2,13,14,15,16,17). The Hall–Kier alpha value is -2.65. The molecule has 0 saturated heterocycles. The number of anilines is 3. The molecule has 0 aromatic carbocycles. The van der Waals surface area contributed by atoms with E-state index in [1.165, 1.54) is 7.05 Å². The molecule has 0 fully saturated rings. The van der Waals surface area contributed by atoms with E-state index in [9.17, 15) is 9.59 Å². The molecule has 0 aliphatic rings. The number of hydrogen-bond acceptors (Lipinski definition) is 9. The number of nitrogens with zero attached hydrogens (tertiary/aromatic N) is 4. The van der Waals surface area contributed by atoms with Gasteiger partial charge in [0.2, 0.25) is 17.8 Å². The number of carbonyl (C=O) groups excluding carboxylic acids is 2. The molecule has 0 saturated carbocycles. The van der Waals surface area contributed by atoms with E-state index in [1.54, 1.807) is 21.0 Å². The smallest absolute Gasteiger partial charge is 0.416 e. The minimum Gasteiger partial charge on any atom is -0.462 e. The summed E-state index contributed by atoms with van der Waals surface area (Å²) in [7, 11) is 4.77. The van der Waals surface area contributed by atoms with Crippen LogP contribution >= 0.6 is 0 Å². The van der Waals surface area contributed by atoms with E-state index in [0.717, 1.165) is 4.90 Å². The lowest BCUT2D eigenvalue weighted by Crippen LogP contribution is -2.30. The number of carbonyl (C=O) groups is 2. The Bertz CT molecular complexity index is 502. The molecule has 0 aliphatic carbocycles. The average Bonchev–Trinajstić information content (AvgIpc) is 2.56. The Labute approximate surface area is 128 Å². The molecule has 0 spiro atoms. The van der Waals surface area contributed by atoms with Crippen molar-refractivity contribution < 1.29 is 19.1 Å². The first-order valence-corrected chi connectivity index (χ1v) is 6.69. The van der Waals surface area contributed by atoms with Crippen molar-refractivity contribution >= 4 is 29.9 Å². The van der Waals surface area contributed by atoms with Gasteiger partial charge in [0.25, 0.3) is 0 Å². The van der Waals surface area contributed by atoms with Gasteiger partial charge < -0.3 is 20.1 Å². The Morgan fingerprint density at radius 3 is 2.09 bits per heavy atom. The number of rotatable bonds is 7. The second-order valence-corrected chi connectivity index (χ2v) is 4.03. The van der Waals surface area contributed by atoms with Gasteiger partial charge in [-0.2, -0.15) is 15.0 Å². The quantitative estimate of drug-likeness (QED) is 0.547. The van der Waals surface area contributed by atoms with E-state index < -0.39 is 6.09 Å². The van der Waals surface area contributed by atoms with Gasteiger partial charge in [0.05, 0.1) is 0 Å². The van der Waals surface area contributed by atoms with Crippen LogP contribution in [0.15, 0.2) is 0 Å². The Kier molecular flexibility index (Phi) is 6.80. The van der Waals surface area contributed by atoms with Crippen LogP contribution in [0.1, 0.15) is 13.3 Å². The van der Waals surface area contributed by atoms with Gasteiger partial charge >= 0.3 is 12.1 Å². The van der Waals surface area contributed by atoms with E-state index in [1.807, 2.05) is 0 Å². The molecule has 0 bridgehead atoms. The predicted molar refractivity (Wildman–Crippen MR) is 79.9 cm³/mol. The minimum absolute atomic E-state index is 0.00693. The molecule has 1 aromatic heterocycles. The molecule has 0 radical (unpaired) electrons. The number of aromatic nitrogens is 3. The van der Waals surface area contributed by atoms with Crippen molar-refractivity contribution in [3.63, 3.8) is 0 Å². The first-order chi connectivity index (χ1) is 10.5. The van der Waals surface area contributed by atoms with Crippen molar-refractivity contribution in [3.8, 4) is 0 Å². The second-order valence-electron chi connectivity index (χ2n) is 4.03. The van der Waals surface area contributed by atoms with Crippen molar-refractivity contribution in [2.24, 2.45) is 0 Å². The molecule has 0 atom stereocenters. The van der Waals surface area contributed by atoms with E-state index in [0.29, 0.717) is 11.9 Å². The zero-order chi connectivity index (χ0) is 16.5. The van der Waals surface area contributed by atoms with Crippen molar-refractivity contribution in [1.29, 1.82) is 0 Å². The minimum atomic E-state index is -0.664. The van der Waals surface area contributed by atoms with Crippen molar-refractivity contribution in [3.05, 3.63) is 0 Å². The van der Waals surface area contributed by atoms with Crippen LogP contribution in [-0.2, 0) is 14.3 Å². The molecular formula is C12H20N6O4. The van der Waals surface area contributed by atoms with Crippen LogP contribution in [0.25, 0.3) is 0 Å². The van der Waals surface area contributed by atoms with Crippen LogP contribution < -0.4 is 15.5 Å². The Morgan fingerprint density at radius 1 is 1.05 bits per heavy atom. The number of esters is 1. The van der Waals surface area contributed by atoms with Gasteiger partial charge in [0, 0.05) is 27.6 Å². The van der Waals surface area contributed by atoms with Gasteiger partial charge in [0.15, 0.2) is 0 Å². The zero-order valence-corrected chi connectivity index (χ0v) is 13.0. The normalized spacial score (nSPS) is 9.82. The van der Waals surface area contributed by atoms with Gasteiger partial charge in [-0.05, 0) is 0 Å². The third kappa shape index (κ3) is 5.04. The van der Waals surface area contributed by atoms with Crippen LogP contribution in [0.4, 0.5) is 22.6 Å². The first-order valence-electron chi connectivity index (χ1n) is 6.69. The fourth-order valence-corrected chi connectivity index (χ4v) is 1.30. The van der Waals surface area contributed by atoms with Gasteiger partial charge in [-0.25, -0.2) is 9.69 Å². The largest absolute Gasteiger partial charge is 0.462 e. The molecule has 2 N–H and O–H groups in total. The monoisotopic (exact) mass is 312 g/mol. The molecule has 1 aromatic rings. The molecule has 122 valence electrons. The van der Waals surface area contributed by atoms with E-state index in [-0.39, 0.29) is 31.6 Å². The molecule has 1 amide bonds. The number of amides is 1. The molecule has 0 unspecified atom stereocenters. The van der Waals surface area contributed by atoms with Crippen LogP contribution in [0, 0.1) is 0 Å². The van der Waals surface area contributed by atoms with Crippen molar-refractivity contribution in [2.75, 3.05) is 49.9 Å². The molecule has 22 heavy (non-hydrogen) atoms. The molecular weight excluding hydrogens is 292 g/mol. The molecule has 0 aliphatic heterocycles. The maximum absolute atomic E-state index is 11.9. The van der Waals surface area contributed by atoms with Crippen LogP contribution in [0.5, 0.6) is 0 Å². The van der Waals surface area contributed by atoms with Crippen LogP contribution in [0.3, 0.4) is 0 Å².